The minimum absolute atomic E-state index is 0.0662. The maximum absolute atomic E-state index is 11.4. The van der Waals surface area contributed by atoms with Crippen LogP contribution in [-0.2, 0) is 9.53 Å². The van der Waals surface area contributed by atoms with Crippen LogP contribution in [0, 0.1) is 0 Å². The highest BCUT2D eigenvalue weighted by molar-refractivity contribution is 6.34. The first-order valence-corrected chi connectivity index (χ1v) is 11.4. The van der Waals surface area contributed by atoms with Gasteiger partial charge in [0.1, 0.15) is 29.3 Å². The van der Waals surface area contributed by atoms with Gasteiger partial charge in [-0.1, -0.05) is 30.7 Å². The molecular formula is C25H33ClN2O4. The smallest absolute Gasteiger partial charge is 0.234 e. The van der Waals surface area contributed by atoms with Gasteiger partial charge in [0.05, 0.1) is 17.8 Å². The molecule has 6 nitrogen and oxygen atoms in total. The number of Topliss-reactive ketones (excluding diaryl/α,β-unsaturated/α-hetero) is 1. The van der Waals surface area contributed by atoms with Gasteiger partial charge in [-0.25, -0.2) is 4.98 Å². The van der Waals surface area contributed by atoms with Gasteiger partial charge in [0.2, 0.25) is 5.88 Å². The minimum Gasteiger partial charge on any atom is -0.489 e. The fourth-order valence-electron chi connectivity index (χ4n) is 3.72. The minimum atomic E-state index is -0.424. The van der Waals surface area contributed by atoms with E-state index in [4.69, 9.17) is 25.8 Å². The molecule has 0 amide bonds. The number of rotatable bonds is 10. The van der Waals surface area contributed by atoms with Gasteiger partial charge in [0, 0.05) is 32.7 Å². The number of halogens is 1. The van der Waals surface area contributed by atoms with Gasteiger partial charge in [-0.15, -0.1) is 0 Å². The van der Waals surface area contributed by atoms with Gasteiger partial charge in [0.15, 0.2) is 0 Å². The molecule has 1 aromatic heterocycles. The molecule has 0 bridgehead atoms. The van der Waals surface area contributed by atoms with E-state index < -0.39 is 5.60 Å². The molecular weight excluding hydrogens is 428 g/mol. The summed E-state index contributed by atoms with van der Waals surface area (Å²) in [5.41, 5.74) is 1.62. The molecule has 0 radical (unpaired) electrons. The Morgan fingerprint density at radius 2 is 2.00 bits per heavy atom. The monoisotopic (exact) mass is 460 g/mol. The van der Waals surface area contributed by atoms with E-state index in [1.54, 1.807) is 20.2 Å². The number of ketones is 1. The van der Waals surface area contributed by atoms with Crippen LogP contribution in [0.2, 0.25) is 5.02 Å². The van der Waals surface area contributed by atoms with Gasteiger partial charge >= 0.3 is 0 Å². The number of aromatic nitrogens is 1. The molecule has 3 rings (SSSR count). The van der Waals surface area contributed by atoms with E-state index in [1.807, 2.05) is 44.2 Å². The fourth-order valence-corrected chi connectivity index (χ4v) is 4.01. The summed E-state index contributed by atoms with van der Waals surface area (Å²) in [5.74, 6) is 1.66. The maximum atomic E-state index is 11.4. The predicted molar refractivity (Wildman–Crippen MR) is 127 cm³/mol. The molecule has 0 N–H and O–H groups in total. The molecule has 174 valence electrons. The second-order valence-corrected chi connectivity index (χ2v) is 9.43. The summed E-state index contributed by atoms with van der Waals surface area (Å²) in [5, 5.41) is 0.504. The van der Waals surface area contributed by atoms with E-state index >= 15 is 0 Å². The Hall–Kier alpha value is -2.31. The quantitative estimate of drug-likeness (QED) is 0.480. The number of carbonyl (C=O) groups excluding carboxylic acids is 1. The number of methoxy groups -OCH3 is 1. The van der Waals surface area contributed by atoms with E-state index in [0.717, 1.165) is 36.5 Å². The van der Waals surface area contributed by atoms with Crippen molar-refractivity contribution in [2.45, 2.75) is 58.2 Å². The Morgan fingerprint density at radius 3 is 2.66 bits per heavy atom. The van der Waals surface area contributed by atoms with E-state index in [-0.39, 0.29) is 17.8 Å². The lowest BCUT2D eigenvalue weighted by Crippen LogP contribution is -2.31. The van der Waals surface area contributed by atoms with Crippen LogP contribution in [-0.4, -0.2) is 49.3 Å². The zero-order chi connectivity index (χ0) is 23.3. The number of carbonyl (C=O) groups is 1. The van der Waals surface area contributed by atoms with Crippen molar-refractivity contribution >= 4 is 23.1 Å². The number of hydrogen-bond donors (Lipinski definition) is 0. The third-order valence-electron chi connectivity index (χ3n) is 5.78. The standard InChI is InChI=1S/C25H33ClN2O4/c1-17(14-18(2)29)19-6-8-20(9-7-19)32-21-11-13-28(15-21)22-10-12-27-24(23(22)26)31-16-25(3,4)30-5/h6-10,12,17,21H,11,13-16H2,1-5H3/t17-,21-/m1/s1. The molecule has 1 aliphatic rings. The molecule has 1 aliphatic heterocycles. The lowest BCUT2D eigenvalue weighted by Gasteiger charge is -2.24. The molecule has 1 saturated heterocycles. The van der Waals surface area contributed by atoms with E-state index in [1.165, 1.54) is 0 Å². The summed E-state index contributed by atoms with van der Waals surface area (Å²) in [6.45, 7) is 9.52. The number of ether oxygens (including phenoxy) is 3. The Morgan fingerprint density at radius 1 is 1.28 bits per heavy atom. The van der Waals surface area contributed by atoms with Crippen molar-refractivity contribution in [3.8, 4) is 11.6 Å². The number of pyridine rings is 1. The van der Waals surface area contributed by atoms with Crippen molar-refractivity contribution in [3.05, 3.63) is 47.1 Å². The van der Waals surface area contributed by atoms with Crippen LogP contribution in [0.15, 0.2) is 36.5 Å². The van der Waals surface area contributed by atoms with Crippen molar-refractivity contribution < 1.29 is 19.0 Å². The van der Waals surface area contributed by atoms with Gasteiger partial charge in [-0.05, 0) is 50.5 Å². The Labute approximate surface area is 195 Å². The van der Waals surface area contributed by atoms with Crippen LogP contribution < -0.4 is 14.4 Å². The van der Waals surface area contributed by atoms with Crippen LogP contribution in [0.25, 0.3) is 0 Å². The SMILES string of the molecule is COC(C)(C)COc1nccc(N2CC[C@@H](Oc3ccc([C@H](C)CC(C)=O)cc3)C2)c1Cl. The summed E-state index contributed by atoms with van der Waals surface area (Å²) in [7, 11) is 1.65. The Kier molecular flexibility index (Phi) is 8.01. The molecule has 7 heteroatoms. The molecule has 0 saturated carbocycles. The molecule has 32 heavy (non-hydrogen) atoms. The molecule has 0 spiro atoms. The molecule has 0 unspecified atom stereocenters. The predicted octanol–water partition coefficient (Wildman–Crippen LogP) is 5.28. The number of benzene rings is 1. The van der Waals surface area contributed by atoms with Crippen molar-refractivity contribution in [2.24, 2.45) is 0 Å². The number of nitrogens with zero attached hydrogens (tertiary/aromatic N) is 2. The zero-order valence-electron chi connectivity index (χ0n) is 19.6. The molecule has 2 heterocycles. The summed E-state index contributed by atoms with van der Waals surface area (Å²) in [4.78, 5) is 17.8. The average molecular weight is 461 g/mol. The number of hydrogen-bond acceptors (Lipinski definition) is 6. The molecule has 2 atom stereocenters. The summed E-state index contributed by atoms with van der Waals surface area (Å²) in [6.07, 6.45) is 3.23. The van der Waals surface area contributed by atoms with Gasteiger partial charge < -0.3 is 23.9 Å². The lowest BCUT2D eigenvalue weighted by molar-refractivity contribution is -0.117. The first kappa shape index (κ1) is 24.3. The largest absolute Gasteiger partial charge is 0.489 e. The van der Waals surface area contributed by atoms with Gasteiger partial charge in [0.25, 0.3) is 0 Å². The van der Waals surface area contributed by atoms with Crippen LogP contribution in [0.4, 0.5) is 5.69 Å². The van der Waals surface area contributed by atoms with E-state index in [2.05, 4.69) is 16.8 Å². The second-order valence-electron chi connectivity index (χ2n) is 9.05. The third kappa shape index (κ3) is 6.36. The first-order valence-electron chi connectivity index (χ1n) is 11.0. The summed E-state index contributed by atoms with van der Waals surface area (Å²) >= 11 is 6.62. The first-order chi connectivity index (χ1) is 15.2. The third-order valence-corrected chi connectivity index (χ3v) is 6.13. The molecule has 1 fully saturated rings. The summed E-state index contributed by atoms with van der Waals surface area (Å²) in [6, 6.07) is 9.96. The van der Waals surface area contributed by atoms with E-state index in [0.29, 0.717) is 23.9 Å². The van der Waals surface area contributed by atoms with Crippen molar-refractivity contribution in [2.75, 3.05) is 31.7 Å². The molecule has 1 aromatic carbocycles. The normalized spacial score (nSPS) is 17.3. The van der Waals surface area contributed by atoms with E-state index in [9.17, 15) is 4.79 Å². The van der Waals surface area contributed by atoms with Gasteiger partial charge in [-0.3, -0.25) is 0 Å². The highest BCUT2D eigenvalue weighted by atomic mass is 35.5. The molecule has 0 aliphatic carbocycles. The Balaban J connectivity index is 1.60. The van der Waals surface area contributed by atoms with Crippen molar-refractivity contribution in [3.63, 3.8) is 0 Å². The van der Waals surface area contributed by atoms with Gasteiger partial charge in [-0.2, -0.15) is 0 Å². The molecule has 2 aromatic rings. The van der Waals surface area contributed by atoms with Crippen LogP contribution >= 0.6 is 11.6 Å². The summed E-state index contributed by atoms with van der Waals surface area (Å²) < 4.78 is 17.4. The topological polar surface area (TPSA) is 60.9 Å². The fraction of sp³-hybridized carbons (Fsp3) is 0.520. The van der Waals surface area contributed by atoms with Crippen LogP contribution in [0.1, 0.15) is 52.0 Å². The van der Waals surface area contributed by atoms with Crippen LogP contribution in [0.5, 0.6) is 11.6 Å². The lowest BCUT2D eigenvalue weighted by atomic mass is 9.96. The second kappa shape index (κ2) is 10.5. The highest BCUT2D eigenvalue weighted by Crippen LogP contribution is 2.35. The van der Waals surface area contributed by atoms with Crippen molar-refractivity contribution in [1.82, 2.24) is 4.98 Å². The highest BCUT2D eigenvalue weighted by Gasteiger charge is 2.27. The maximum Gasteiger partial charge on any atom is 0.234 e. The number of anilines is 1. The Bertz CT molecular complexity index is 917. The van der Waals surface area contributed by atoms with Crippen molar-refractivity contribution in [1.29, 1.82) is 0 Å². The average Bonchev–Trinajstić information content (AvgIpc) is 3.21. The zero-order valence-corrected chi connectivity index (χ0v) is 20.3. The van der Waals surface area contributed by atoms with Crippen LogP contribution in [0.3, 0.4) is 0 Å².